The van der Waals surface area contributed by atoms with E-state index in [1.807, 2.05) is 0 Å². The first-order valence-corrected chi connectivity index (χ1v) is 21.6. The second-order valence-corrected chi connectivity index (χ2v) is 17.1. The van der Waals surface area contributed by atoms with Crippen LogP contribution in [-0.4, -0.2) is 19.5 Å². The second-order valence-electron chi connectivity index (χ2n) is 17.1. The van der Waals surface area contributed by atoms with Crippen LogP contribution in [0, 0.1) is 17.8 Å². The molecule has 0 amide bonds. The van der Waals surface area contributed by atoms with Crippen LogP contribution in [-0.2, 0) is 0 Å². The van der Waals surface area contributed by atoms with Crippen molar-refractivity contribution in [2.24, 2.45) is 17.8 Å². The van der Waals surface area contributed by atoms with Crippen molar-refractivity contribution in [1.29, 1.82) is 0 Å². The Morgan fingerprint density at radius 1 is 0.700 bits per heavy atom. The van der Waals surface area contributed by atoms with E-state index >= 15 is 0 Å². The fourth-order valence-electron chi connectivity index (χ4n) is 10.2. The maximum atomic E-state index is 5.60. The van der Waals surface area contributed by atoms with E-state index in [0.717, 1.165) is 87.3 Å². The number of aromatic nitrogens is 4. The van der Waals surface area contributed by atoms with E-state index in [1.54, 1.807) is 0 Å². The highest BCUT2D eigenvalue weighted by Crippen LogP contribution is 2.52. The molecular formula is C56H44N4. The summed E-state index contributed by atoms with van der Waals surface area (Å²) >= 11 is 0. The highest BCUT2D eigenvalue weighted by Gasteiger charge is 2.36. The molecule has 3 heterocycles. The van der Waals surface area contributed by atoms with Crippen molar-refractivity contribution in [3.63, 3.8) is 0 Å². The van der Waals surface area contributed by atoms with Crippen molar-refractivity contribution >= 4 is 49.4 Å². The minimum absolute atomic E-state index is 0.197. The third-order valence-electron chi connectivity index (χ3n) is 13.3. The summed E-state index contributed by atoms with van der Waals surface area (Å²) < 4.78 is 2.45. The van der Waals surface area contributed by atoms with Gasteiger partial charge in [-0.3, -0.25) is 0 Å². The quantitative estimate of drug-likeness (QED) is 0.175. The SMILES string of the molecule is CC1C=CC(c2cc(-c3ccc(-n4c5ccccc5c5c6ccccc6nc(C6=CC=C7C=CC8=C9C(=CC=C6C79)CCC=C8)c54)cc3)nc(C3=CC=CCC3C)n2)=CC1. The summed E-state index contributed by atoms with van der Waals surface area (Å²) in [7, 11) is 0. The Morgan fingerprint density at radius 2 is 1.55 bits per heavy atom. The Kier molecular flexibility index (Phi) is 8.09. The number of nitrogens with zero attached hydrogens (tertiary/aromatic N) is 4. The van der Waals surface area contributed by atoms with Gasteiger partial charge in [-0.15, -0.1) is 0 Å². The monoisotopic (exact) mass is 772 g/mol. The molecule has 0 bridgehead atoms. The van der Waals surface area contributed by atoms with E-state index in [9.17, 15) is 0 Å². The van der Waals surface area contributed by atoms with Gasteiger partial charge in [0.15, 0.2) is 5.82 Å². The van der Waals surface area contributed by atoms with Gasteiger partial charge in [0.25, 0.3) is 0 Å². The zero-order chi connectivity index (χ0) is 39.9. The molecule has 0 saturated carbocycles. The molecule has 3 aromatic heterocycles. The Bertz CT molecular complexity index is 3210. The lowest BCUT2D eigenvalue weighted by atomic mass is 9.68. The molecule has 0 radical (unpaired) electrons. The molecular weight excluding hydrogens is 729 g/mol. The summed E-state index contributed by atoms with van der Waals surface area (Å²) in [5.74, 6) is 1.90. The summed E-state index contributed by atoms with van der Waals surface area (Å²) in [4.78, 5) is 16.0. The van der Waals surface area contributed by atoms with Gasteiger partial charge in [-0.1, -0.05) is 147 Å². The van der Waals surface area contributed by atoms with Gasteiger partial charge >= 0.3 is 0 Å². The van der Waals surface area contributed by atoms with Crippen molar-refractivity contribution in [3.8, 4) is 16.9 Å². The molecule has 0 fully saturated rings. The number of hydrogen-bond donors (Lipinski definition) is 0. The highest BCUT2D eigenvalue weighted by atomic mass is 15.0. The van der Waals surface area contributed by atoms with Crippen LogP contribution >= 0.6 is 0 Å². The molecule has 0 saturated heterocycles. The number of benzene rings is 3. The van der Waals surface area contributed by atoms with Crippen LogP contribution in [0.3, 0.4) is 0 Å². The van der Waals surface area contributed by atoms with Crippen LogP contribution in [0.5, 0.6) is 0 Å². The number of hydrogen-bond acceptors (Lipinski definition) is 3. The molecule has 0 aliphatic heterocycles. The molecule has 3 unspecified atom stereocenters. The van der Waals surface area contributed by atoms with Gasteiger partial charge in [-0.05, 0) is 107 Å². The van der Waals surface area contributed by atoms with E-state index in [4.69, 9.17) is 15.0 Å². The molecule has 0 N–H and O–H groups in total. The number of pyridine rings is 1. The molecule has 12 rings (SSSR count). The maximum Gasteiger partial charge on any atom is 0.156 e. The van der Waals surface area contributed by atoms with Crippen LogP contribution in [0.15, 0.2) is 192 Å². The number of allylic oxidation sites excluding steroid dienone is 22. The Hall–Kier alpha value is -6.91. The van der Waals surface area contributed by atoms with Crippen molar-refractivity contribution < 1.29 is 0 Å². The van der Waals surface area contributed by atoms with Crippen molar-refractivity contribution in [3.05, 3.63) is 209 Å². The summed E-state index contributed by atoms with van der Waals surface area (Å²) in [6.45, 7) is 4.53. The minimum Gasteiger partial charge on any atom is -0.307 e. The summed E-state index contributed by atoms with van der Waals surface area (Å²) in [5, 5.41) is 3.62. The highest BCUT2D eigenvalue weighted by molar-refractivity contribution is 6.23. The molecule has 4 nitrogen and oxygen atoms in total. The molecule has 6 aliphatic rings. The Balaban J connectivity index is 1.05. The lowest BCUT2D eigenvalue weighted by Gasteiger charge is -2.36. The minimum atomic E-state index is 0.197. The topological polar surface area (TPSA) is 43.6 Å². The third kappa shape index (κ3) is 5.54. The van der Waals surface area contributed by atoms with Gasteiger partial charge in [0.1, 0.15) is 0 Å². The first kappa shape index (κ1) is 35.1. The normalized spacial score (nSPS) is 21.7. The van der Waals surface area contributed by atoms with Crippen LogP contribution < -0.4 is 0 Å². The van der Waals surface area contributed by atoms with E-state index in [-0.39, 0.29) is 5.92 Å². The van der Waals surface area contributed by atoms with E-state index < -0.39 is 0 Å². The second kappa shape index (κ2) is 13.8. The lowest BCUT2D eigenvalue weighted by molar-refractivity contribution is 0.738. The first-order valence-electron chi connectivity index (χ1n) is 21.6. The molecule has 288 valence electrons. The molecule has 60 heavy (non-hydrogen) atoms. The maximum absolute atomic E-state index is 5.60. The van der Waals surface area contributed by atoms with Crippen LogP contribution in [0.25, 0.3) is 66.4 Å². The van der Waals surface area contributed by atoms with Crippen molar-refractivity contribution in [2.45, 2.75) is 39.5 Å². The molecule has 0 spiro atoms. The molecule has 4 heteroatoms. The zero-order valence-electron chi connectivity index (χ0n) is 33.9. The van der Waals surface area contributed by atoms with Gasteiger partial charge in [0, 0.05) is 38.9 Å². The van der Waals surface area contributed by atoms with Gasteiger partial charge < -0.3 is 4.57 Å². The van der Waals surface area contributed by atoms with E-state index in [1.165, 1.54) is 49.8 Å². The first-order chi connectivity index (χ1) is 29.6. The average Bonchev–Trinajstić information content (AvgIpc) is 3.49. The van der Waals surface area contributed by atoms with Gasteiger partial charge in [-0.2, -0.15) is 0 Å². The molecule has 6 aromatic rings. The number of fused-ring (bicyclic) bond motifs is 5. The average molecular weight is 773 g/mol. The standard InChI is InChI=1S/C56H44N4/c1-34-19-21-36(22-20-34)48-33-49(59-56(58-48)42-14-6-3-11-35(42)2)37-25-29-41(30-26-37)60-50-18-10-8-16-46(50)53-45-15-7-9-17-47(45)57-54(55(53)60)44-32-28-40-24-23-38-12-4-5-13-39-27-31-43(44)52(40)51(38)39/h3-4,6-10,12,14-19,21-35,52H,5,11,13,20H2,1-2H3. The van der Waals surface area contributed by atoms with Crippen molar-refractivity contribution in [2.75, 3.05) is 0 Å². The van der Waals surface area contributed by atoms with Crippen LogP contribution in [0.2, 0.25) is 0 Å². The summed E-state index contributed by atoms with van der Waals surface area (Å²) in [6.07, 6.45) is 36.3. The van der Waals surface area contributed by atoms with Gasteiger partial charge in [-0.25, -0.2) is 15.0 Å². The van der Waals surface area contributed by atoms with Crippen molar-refractivity contribution in [1.82, 2.24) is 19.5 Å². The lowest BCUT2D eigenvalue weighted by Crippen LogP contribution is -2.21. The molecule has 6 aliphatic carbocycles. The molecule has 3 atom stereocenters. The predicted molar refractivity (Wildman–Crippen MR) is 249 cm³/mol. The van der Waals surface area contributed by atoms with Gasteiger partial charge in [0.2, 0.25) is 0 Å². The third-order valence-corrected chi connectivity index (χ3v) is 13.3. The predicted octanol–water partition coefficient (Wildman–Crippen LogP) is 13.8. The summed E-state index contributed by atoms with van der Waals surface area (Å²) in [6, 6.07) is 28.7. The zero-order valence-corrected chi connectivity index (χ0v) is 33.9. The number of rotatable bonds is 5. The Labute approximate surface area is 350 Å². The largest absolute Gasteiger partial charge is 0.307 e. The molecule has 3 aromatic carbocycles. The van der Waals surface area contributed by atoms with Gasteiger partial charge in [0.05, 0.1) is 33.6 Å². The fraction of sp³-hybridized carbons (Fsp3) is 0.161. The fourth-order valence-corrected chi connectivity index (χ4v) is 10.2. The van der Waals surface area contributed by atoms with Crippen LogP contribution in [0.1, 0.15) is 56.7 Å². The smallest absolute Gasteiger partial charge is 0.156 e. The van der Waals surface area contributed by atoms with E-state index in [2.05, 4.69) is 182 Å². The van der Waals surface area contributed by atoms with E-state index in [0.29, 0.717) is 11.8 Å². The summed E-state index contributed by atoms with van der Waals surface area (Å²) in [5.41, 5.74) is 18.8. The van der Waals surface area contributed by atoms with Crippen LogP contribution in [0.4, 0.5) is 0 Å². The Morgan fingerprint density at radius 3 is 2.42 bits per heavy atom. The number of para-hydroxylation sites is 2.